The van der Waals surface area contributed by atoms with E-state index in [1.807, 2.05) is 13.8 Å². The lowest BCUT2D eigenvalue weighted by atomic mass is 9.93. The van der Waals surface area contributed by atoms with Crippen molar-refractivity contribution < 1.29 is 101 Å². The van der Waals surface area contributed by atoms with Gasteiger partial charge in [-0.15, -0.1) is 0 Å². The summed E-state index contributed by atoms with van der Waals surface area (Å²) in [4.78, 5) is 131. The molecule has 94 heavy (non-hydrogen) atoms. The number of rotatable bonds is 41. The number of nitrogens with one attached hydrogen (secondary N) is 8. The molecule has 36 heteroatoms. The molecule has 0 saturated carbocycles. The van der Waals surface area contributed by atoms with Gasteiger partial charge in [0.05, 0.1) is 130 Å². The van der Waals surface area contributed by atoms with Crippen molar-refractivity contribution in [2.75, 3.05) is 144 Å². The Labute approximate surface area is 551 Å². The Bertz CT molecular complexity index is 2800. The van der Waals surface area contributed by atoms with Gasteiger partial charge in [-0.05, 0) is 30.0 Å². The third-order valence-corrected chi connectivity index (χ3v) is 17.4. The molecule has 0 radical (unpaired) electrons. The van der Waals surface area contributed by atoms with E-state index in [-0.39, 0.29) is 77.3 Å². The van der Waals surface area contributed by atoms with E-state index in [1.54, 1.807) is 0 Å². The van der Waals surface area contributed by atoms with Gasteiger partial charge in [0.15, 0.2) is 6.04 Å². The predicted molar refractivity (Wildman–Crippen MR) is 340 cm³/mol. The number of aromatic nitrogens is 1. The van der Waals surface area contributed by atoms with Crippen LogP contribution in [0.3, 0.4) is 0 Å². The number of azide groups is 1. The number of fused-ring (bicyclic) bond motifs is 4. The number of primary amides is 1. The topological polar surface area (TPSA) is 500 Å². The predicted octanol–water partition coefficient (Wildman–Crippen LogP) is -3.23. The molecule has 14 N–H and O–H groups in total. The number of thioether (sulfide) groups is 1. The van der Waals surface area contributed by atoms with Crippen LogP contribution in [0.25, 0.3) is 21.3 Å². The maximum atomic E-state index is 15.3. The summed E-state index contributed by atoms with van der Waals surface area (Å²) in [5, 5.41) is 64.2. The molecule has 1 unspecified atom stereocenters. The number of amides is 9. The van der Waals surface area contributed by atoms with Crippen molar-refractivity contribution in [2.24, 2.45) is 22.7 Å². The first-order chi connectivity index (χ1) is 45.1. The fraction of sp³-hybridized carbons (Fsp3) is 0.707. The monoisotopic (exact) mass is 1370 g/mol. The average molecular weight is 1370 g/mol. The highest BCUT2D eigenvalue weighted by Crippen LogP contribution is 2.36. The van der Waals surface area contributed by atoms with Crippen LogP contribution in [0.2, 0.25) is 0 Å². The molecule has 10 atom stereocenters. The number of nitrogens with zero attached hydrogens (tertiary/aromatic N) is 4. The van der Waals surface area contributed by atoms with Gasteiger partial charge in [0.2, 0.25) is 58.2 Å². The molecule has 2 aromatic rings. The molecule has 2 aliphatic rings. The standard InChI is InChI=1S/C58H93N13O21S2/c1-5-35(2)26-48(77)62-30-50(79)65-43-34-94(85)57-39(38-6-8-45(74)40(52(38)69-57)33-93-25-24-92-23-22-91-21-20-90-19-18-89-17-16-88-15-14-87-13-12-86-11-10-64-70-60)28-42(53(80)63-29-49(78)61-4)67-56(83)51(36(3)46(75)32-72)68-55(82)44-27-37(73)31-71(44)58(84)41(66-54(43)81)7-9-47(59)76/h6,8,35-37,41-44,46,51,69,72-75H,5,7,9-34H2,1-4H3,(H2,59,76)(H,61,78)(H,62,77)(H,63,80)(H,65,79)(H,66,81)(H,67,83)(H,68,82)/t35-,36-,37+,41-,42-,43-,44-,46-,51-,94?/m0/s1. The van der Waals surface area contributed by atoms with Crippen molar-refractivity contribution in [2.45, 2.75) is 112 Å². The van der Waals surface area contributed by atoms with Crippen molar-refractivity contribution in [1.29, 1.82) is 0 Å². The number of nitrogens with two attached hydrogens (primary N) is 1. The lowest BCUT2D eigenvalue weighted by Gasteiger charge is -2.33. The first-order valence-corrected chi connectivity index (χ1v) is 33.5. The number of ether oxygens (including phenoxy) is 7. The number of aromatic amines is 1. The van der Waals surface area contributed by atoms with Crippen LogP contribution in [0.15, 0.2) is 22.3 Å². The molecule has 1 aromatic carbocycles. The maximum absolute atomic E-state index is 15.3. The summed E-state index contributed by atoms with van der Waals surface area (Å²) in [5.74, 6) is -10.1. The van der Waals surface area contributed by atoms with Crippen molar-refractivity contribution in [3.8, 4) is 5.75 Å². The van der Waals surface area contributed by atoms with Crippen molar-refractivity contribution >= 4 is 87.0 Å². The van der Waals surface area contributed by atoms with E-state index in [1.165, 1.54) is 37.9 Å². The van der Waals surface area contributed by atoms with E-state index >= 15 is 4.55 Å². The fourth-order valence-corrected chi connectivity index (χ4v) is 11.8. The summed E-state index contributed by atoms with van der Waals surface area (Å²) < 4.78 is 53.8. The zero-order valence-corrected chi connectivity index (χ0v) is 55.2. The first kappa shape index (κ1) is 79.8. The number of hydrogen-bond donors (Lipinski definition) is 13. The van der Waals surface area contributed by atoms with Crippen LogP contribution in [0, 0.1) is 11.8 Å². The molecule has 1 fully saturated rings. The van der Waals surface area contributed by atoms with E-state index in [2.05, 4.69) is 52.2 Å². The molecule has 3 heterocycles. The fourth-order valence-electron chi connectivity index (χ4n) is 9.57. The number of aliphatic hydroxyl groups excluding tert-OH is 3. The highest BCUT2D eigenvalue weighted by atomic mass is 32.2. The summed E-state index contributed by atoms with van der Waals surface area (Å²) in [6, 6.07) is -5.81. The first-order valence-electron chi connectivity index (χ1n) is 31.0. The third-order valence-electron chi connectivity index (χ3n) is 15.1. The van der Waals surface area contributed by atoms with Crippen LogP contribution in [0.4, 0.5) is 0 Å². The molecule has 0 bridgehead atoms. The number of carbonyl (C=O) groups excluding carboxylic acids is 9. The largest absolute Gasteiger partial charge is 0.610 e. The SMILES string of the molecule is CC[C@H](C)CC(=O)NCC(=O)N[C@H]1C[S+]([O-])c2[nH]c3c(CSCCOCCOCCOCCOCCOCCOCCOCCN=[N+]=[N-])c(O)ccc3c2C[C@@H](C(=O)NCC(=O)NC)NC(=O)[C@H]([C@@H](C)[C@@H](O)CO)NC(=O)[C@@H]2C[C@@H](O)CN2C(=O)[C@H](CCC(N)=O)NC1=O. The quantitative estimate of drug-likeness (QED) is 0.0102. The highest BCUT2D eigenvalue weighted by molar-refractivity contribution is 7.98. The van der Waals surface area contributed by atoms with Crippen LogP contribution in [0.1, 0.15) is 64.0 Å². The lowest BCUT2D eigenvalue weighted by molar-refractivity contribution is -0.143. The number of aliphatic hydroxyl groups is 3. The Balaban J connectivity index is 1.59. The molecular weight excluding hydrogens is 1280 g/mol. The number of benzene rings is 1. The Hall–Kier alpha value is -6.64. The number of hydrogen-bond acceptors (Lipinski definition) is 23. The zero-order valence-electron chi connectivity index (χ0n) is 53.6. The minimum absolute atomic E-state index is 0.0399. The number of carbonyl (C=O) groups is 9. The van der Waals surface area contributed by atoms with Gasteiger partial charge in [0, 0.05) is 95.8 Å². The van der Waals surface area contributed by atoms with E-state index in [4.69, 9.17) is 44.4 Å². The zero-order chi connectivity index (χ0) is 69.0. The van der Waals surface area contributed by atoms with Gasteiger partial charge < -0.3 is 111 Å². The molecule has 4 rings (SSSR count). The minimum atomic E-state index is -2.47. The lowest BCUT2D eigenvalue weighted by Crippen LogP contribution is -2.61. The average Bonchev–Trinajstić information content (AvgIpc) is 1.61. The molecule has 34 nitrogen and oxygen atoms in total. The Morgan fingerprint density at radius 2 is 1.44 bits per heavy atom. The Morgan fingerprint density at radius 1 is 0.840 bits per heavy atom. The summed E-state index contributed by atoms with van der Waals surface area (Å²) >= 11 is -1.13. The number of phenolic OH excluding ortho intramolecular Hbond substituents is 1. The number of aromatic hydroxyl groups is 1. The second-order valence-corrected chi connectivity index (χ2v) is 24.6. The van der Waals surface area contributed by atoms with Gasteiger partial charge in [-0.25, -0.2) is 0 Å². The number of phenols is 1. The van der Waals surface area contributed by atoms with Crippen LogP contribution in [0.5, 0.6) is 5.75 Å². The Morgan fingerprint density at radius 3 is 2.01 bits per heavy atom. The van der Waals surface area contributed by atoms with E-state index in [0.29, 0.717) is 84.8 Å². The van der Waals surface area contributed by atoms with Crippen LogP contribution < -0.4 is 43.0 Å². The molecule has 0 aliphatic carbocycles. The molecule has 1 aromatic heterocycles. The molecule has 0 spiro atoms. The second kappa shape index (κ2) is 44.2. The third kappa shape index (κ3) is 28.0. The normalized spacial score (nSPS) is 20.6. The van der Waals surface area contributed by atoms with Gasteiger partial charge in [0.1, 0.15) is 35.7 Å². The van der Waals surface area contributed by atoms with Crippen molar-refractivity contribution in [1.82, 2.24) is 47.1 Å². The molecule has 1 saturated heterocycles. The maximum Gasteiger partial charge on any atom is 0.248 e. The summed E-state index contributed by atoms with van der Waals surface area (Å²) in [6.45, 7) is 7.43. The number of likely N-dealkylation sites (N-methyl/N-ethyl adjacent to an activating group) is 1. The molecular formula is C58H93N13O21S2. The van der Waals surface area contributed by atoms with E-state index in [0.717, 1.165) is 4.90 Å². The number of H-pyrrole nitrogens is 1. The molecule has 528 valence electrons. The van der Waals surface area contributed by atoms with Crippen LogP contribution in [-0.2, 0) is 99.7 Å². The second-order valence-electron chi connectivity index (χ2n) is 22.1. The van der Waals surface area contributed by atoms with Gasteiger partial charge in [-0.1, -0.05) is 32.3 Å². The summed E-state index contributed by atoms with van der Waals surface area (Å²) in [6.07, 6.45) is -4.25. The van der Waals surface area contributed by atoms with Crippen LogP contribution in [-0.4, -0.2) is 274 Å². The summed E-state index contributed by atoms with van der Waals surface area (Å²) in [5.41, 5.74) is 14.3. The minimum Gasteiger partial charge on any atom is -0.610 e. The van der Waals surface area contributed by atoms with Crippen molar-refractivity contribution in [3.05, 3.63) is 33.7 Å². The summed E-state index contributed by atoms with van der Waals surface area (Å²) in [7, 11) is 1.31. The van der Waals surface area contributed by atoms with Gasteiger partial charge in [-0.3, -0.25) is 43.2 Å². The smallest absolute Gasteiger partial charge is 0.248 e. The van der Waals surface area contributed by atoms with Gasteiger partial charge >= 0.3 is 0 Å². The molecule has 2 aliphatic heterocycles. The van der Waals surface area contributed by atoms with Gasteiger partial charge in [0.25, 0.3) is 0 Å². The van der Waals surface area contributed by atoms with Crippen LogP contribution >= 0.6 is 11.8 Å². The van der Waals surface area contributed by atoms with Crippen molar-refractivity contribution in [3.63, 3.8) is 0 Å². The van der Waals surface area contributed by atoms with E-state index < -0.39 is 170 Å². The Kier molecular flexibility index (Phi) is 37.5. The van der Waals surface area contributed by atoms with Gasteiger partial charge in [-0.2, -0.15) is 11.8 Å². The highest BCUT2D eigenvalue weighted by Gasteiger charge is 2.45. The molecule has 9 amide bonds. The van der Waals surface area contributed by atoms with E-state index in [9.17, 15) is 63.6 Å².